The molecule has 1 amide bonds. The highest BCUT2D eigenvalue weighted by Crippen LogP contribution is 2.46. The van der Waals surface area contributed by atoms with Gasteiger partial charge >= 0.3 is 0 Å². The summed E-state index contributed by atoms with van der Waals surface area (Å²) in [7, 11) is 0. The molecule has 9 heteroatoms. The van der Waals surface area contributed by atoms with Crippen molar-refractivity contribution in [1.29, 1.82) is 0 Å². The number of hydrogen-bond acceptors (Lipinski definition) is 5. The van der Waals surface area contributed by atoms with Crippen LogP contribution in [0.5, 0.6) is 5.75 Å². The highest BCUT2D eigenvalue weighted by molar-refractivity contribution is 7.98. The van der Waals surface area contributed by atoms with Gasteiger partial charge in [-0.3, -0.25) is 19.3 Å². The minimum absolute atomic E-state index is 0.156. The maximum atomic E-state index is 15.6. The number of halogens is 2. The fourth-order valence-corrected chi connectivity index (χ4v) is 6.68. The topological polar surface area (TPSA) is 65.8 Å². The van der Waals surface area contributed by atoms with Crippen molar-refractivity contribution in [3.63, 3.8) is 0 Å². The van der Waals surface area contributed by atoms with Crippen molar-refractivity contribution < 1.29 is 18.7 Å². The molecule has 3 aliphatic heterocycles. The first kappa shape index (κ1) is 26.3. The predicted molar refractivity (Wildman–Crippen MR) is 144 cm³/mol. The van der Waals surface area contributed by atoms with Crippen LogP contribution < -0.4 is 10.4 Å². The molecule has 4 heterocycles. The Morgan fingerprint density at radius 1 is 1.05 bits per heavy atom. The van der Waals surface area contributed by atoms with Gasteiger partial charge in [-0.15, -0.1) is 11.8 Å². The van der Waals surface area contributed by atoms with Crippen LogP contribution in [0.1, 0.15) is 73.3 Å². The van der Waals surface area contributed by atoms with E-state index in [0.717, 1.165) is 12.0 Å². The maximum Gasteiger partial charge on any atom is 0.278 e. The zero-order valence-corrected chi connectivity index (χ0v) is 22.5. The molecule has 0 saturated carbocycles. The average Bonchev–Trinajstić information content (AvgIpc) is 3.05. The number of rotatable bonds is 1. The minimum atomic E-state index is -0.793. The van der Waals surface area contributed by atoms with Crippen LogP contribution >= 0.6 is 11.8 Å². The zero-order chi connectivity index (χ0) is 27.1. The third kappa shape index (κ3) is 4.26. The molecule has 6 rings (SSSR count). The summed E-state index contributed by atoms with van der Waals surface area (Å²) in [6, 6.07) is 10.0. The molecule has 0 bridgehead atoms. The lowest BCUT2D eigenvalue weighted by Crippen LogP contribution is -2.64. The van der Waals surface area contributed by atoms with Crippen molar-refractivity contribution in [3.8, 4) is 5.75 Å². The number of piperidine rings is 1. The van der Waals surface area contributed by atoms with Gasteiger partial charge in [0, 0.05) is 35.0 Å². The molecule has 3 aromatic rings. The van der Waals surface area contributed by atoms with Crippen LogP contribution in [0.4, 0.5) is 8.78 Å². The lowest BCUT2D eigenvalue weighted by molar-refractivity contribution is 0.0392. The van der Waals surface area contributed by atoms with Gasteiger partial charge in [0.1, 0.15) is 23.8 Å². The molecule has 1 aromatic heterocycles. The molecule has 6 nitrogen and oxygen atoms in total. The van der Waals surface area contributed by atoms with E-state index in [1.165, 1.54) is 47.3 Å². The summed E-state index contributed by atoms with van der Waals surface area (Å²) in [6.07, 6.45) is 3.60. The molecule has 3 aliphatic rings. The van der Waals surface area contributed by atoms with E-state index < -0.39 is 40.9 Å². The summed E-state index contributed by atoms with van der Waals surface area (Å²) in [4.78, 5) is 27.9. The third-order valence-electron chi connectivity index (χ3n) is 7.25. The number of aromatic nitrogens is 1. The van der Waals surface area contributed by atoms with E-state index in [0.29, 0.717) is 34.7 Å². The van der Waals surface area contributed by atoms with E-state index in [-0.39, 0.29) is 11.6 Å². The lowest BCUT2D eigenvalue weighted by atomic mass is 9.90. The molecular weight excluding hydrogens is 508 g/mol. The van der Waals surface area contributed by atoms with Crippen molar-refractivity contribution in [1.82, 2.24) is 9.58 Å². The second kappa shape index (κ2) is 10.4. The van der Waals surface area contributed by atoms with Gasteiger partial charge in [0.15, 0.2) is 11.4 Å². The molecule has 38 heavy (non-hydrogen) atoms. The van der Waals surface area contributed by atoms with Gasteiger partial charge in [0.05, 0.1) is 0 Å². The number of pyridine rings is 1. The number of thioether (sulfide) groups is 1. The third-order valence-corrected chi connectivity index (χ3v) is 8.43. The Balaban J connectivity index is 0.000000937. The summed E-state index contributed by atoms with van der Waals surface area (Å²) in [5, 5.41) is 12.5. The van der Waals surface area contributed by atoms with Gasteiger partial charge in [-0.25, -0.2) is 8.78 Å². The van der Waals surface area contributed by atoms with E-state index in [2.05, 4.69) is 20.8 Å². The van der Waals surface area contributed by atoms with Crippen LogP contribution in [0.2, 0.25) is 0 Å². The summed E-state index contributed by atoms with van der Waals surface area (Å²) >= 11 is 1.32. The first-order valence-corrected chi connectivity index (χ1v) is 14.0. The molecule has 1 N–H and O–H groups in total. The van der Waals surface area contributed by atoms with Crippen molar-refractivity contribution in [2.75, 3.05) is 11.6 Å². The molecule has 200 valence electrons. The number of fused-ring (bicyclic) bond motifs is 4. The molecule has 3 atom stereocenters. The first-order valence-electron chi connectivity index (χ1n) is 13.0. The monoisotopic (exact) mass is 539 g/mol. The Labute approximate surface area is 224 Å². The minimum Gasteiger partial charge on any atom is -0.502 e. The summed E-state index contributed by atoms with van der Waals surface area (Å²) < 4.78 is 32.2. The van der Waals surface area contributed by atoms with Crippen LogP contribution in [0.3, 0.4) is 0 Å². The fourth-order valence-electron chi connectivity index (χ4n) is 5.57. The van der Waals surface area contributed by atoms with Gasteiger partial charge in [0.2, 0.25) is 5.43 Å². The smallest absolute Gasteiger partial charge is 0.278 e. The van der Waals surface area contributed by atoms with Crippen LogP contribution in [0.15, 0.2) is 58.4 Å². The number of amides is 1. The number of nitrogens with zero attached hydrogens (tertiary/aromatic N) is 3. The molecule has 0 radical (unpaired) electrons. The van der Waals surface area contributed by atoms with Gasteiger partial charge in [-0.2, -0.15) is 0 Å². The predicted octanol–water partition coefficient (Wildman–Crippen LogP) is 5.79. The van der Waals surface area contributed by atoms with E-state index in [9.17, 15) is 14.7 Å². The number of aromatic hydroxyl groups is 1. The van der Waals surface area contributed by atoms with Crippen molar-refractivity contribution in [2.45, 2.75) is 62.9 Å². The fraction of sp³-hybridized carbons (Fsp3) is 0.379. The molecule has 0 aliphatic carbocycles. The van der Waals surface area contributed by atoms with Crippen LogP contribution in [0, 0.1) is 17.6 Å². The Bertz CT molecular complexity index is 1440. The van der Waals surface area contributed by atoms with Gasteiger partial charge < -0.3 is 10.0 Å². The Morgan fingerprint density at radius 3 is 2.53 bits per heavy atom. The number of carbonyl (C=O) groups excluding carboxylic acids is 1. The average molecular weight is 540 g/mol. The molecular formula is C29H31F2N3O3S. The largest absolute Gasteiger partial charge is 0.502 e. The summed E-state index contributed by atoms with van der Waals surface area (Å²) in [5.41, 5.74) is 0.894. The van der Waals surface area contributed by atoms with Crippen LogP contribution in [0.25, 0.3) is 0 Å². The highest BCUT2D eigenvalue weighted by atomic mass is 32.2. The second-order valence-corrected chi connectivity index (χ2v) is 11.1. The van der Waals surface area contributed by atoms with E-state index >= 15 is 8.78 Å². The quantitative estimate of drug-likeness (QED) is 0.424. The van der Waals surface area contributed by atoms with Gasteiger partial charge in [-0.1, -0.05) is 51.5 Å². The summed E-state index contributed by atoms with van der Waals surface area (Å²) in [5.74, 6) is -1.23. The number of hydrogen-bond donors (Lipinski definition) is 1. The van der Waals surface area contributed by atoms with Gasteiger partial charge in [0.25, 0.3) is 5.91 Å². The SMILES string of the molecule is CC1CCN2C(=O)c3c(O)c(=O)ccn3N([C@@H]3c4cccc(F)c4SCc4cccc(F)c43)C2C1.CCC. The first-order chi connectivity index (χ1) is 18.3. The lowest BCUT2D eigenvalue weighted by Gasteiger charge is -2.52. The molecule has 2 aromatic carbocycles. The molecule has 1 saturated heterocycles. The van der Waals surface area contributed by atoms with Gasteiger partial charge in [-0.05, 0) is 42.0 Å². The Kier molecular flexibility index (Phi) is 7.22. The second-order valence-electron chi connectivity index (χ2n) is 10.1. The van der Waals surface area contributed by atoms with E-state index in [1.54, 1.807) is 23.1 Å². The Hall–Kier alpha value is -3.33. The van der Waals surface area contributed by atoms with E-state index in [1.807, 2.05) is 11.1 Å². The molecule has 0 spiro atoms. The Morgan fingerprint density at radius 2 is 1.76 bits per heavy atom. The van der Waals surface area contributed by atoms with Crippen molar-refractivity contribution in [3.05, 3.63) is 92.9 Å². The highest BCUT2D eigenvalue weighted by Gasteiger charge is 2.47. The molecule has 2 unspecified atom stereocenters. The van der Waals surface area contributed by atoms with E-state index in [4.69, 9.17) is 0 Å². The summed E-state index contributed by atoms with van der Waals surface area (Å²) in [6.45, 7) is 6.79. The van der Waals surface area contributed by atoms with Crippen LogP contribution in [-0.2, 0) is 5.75 Å². The zero-order valence-electron chi connectivity index (χ0n) is 21.7. The number of carbonyl (C=O) groups is 1. The van der Waals surface area contributed by atoms with Crippen molar-refractivity contribution in [2.24, 2.45) is 5.92 Å². The number of benzene rings is 2. The van der Waals surface area contributed by atoms with Crippen molar-refractivity contribution >= 4 is 17.7 Å². The van der Waals surface area contributed by atoms with Crippen LogP contribution in [-0.4, -0.2) is 33.3 Å². The normalized spacial score (nSPS) is 21.8. The standard InChI is InChI=1S/C26H23F2N3O3S.C3H8/c1-14-8-10-29-20(12-14)31(30-11-9-19(32)24(33)23(30)26(29)34)22-16-5-3-7-18(28)25(16)35-13-15-4-2-6-17(27)21(15)22;1-3-2/h2-7,9,11,14,20,22,33H,8,10,12-13H2,1H3;3H2,1-2H3/t14?,20?,22-;/m1./s1. The maximum absolute atomic E-state index is 15.6. The molecule has 1 fully saturated rings.